The van der Waals surface area contributed by atoms with E-state index in [0.717, 1.165) is 53.7 Å². The van der Waals surface area contributed by atoms with Crippen molar-refractivity contribution in [1.82, 2.24) is 30.2 Å². The number of pyridine rings is 2. The number of benzene rings is 1. The summed E-state index contributed by atoms with van der Waals surface area (Å²) < 4.78 is 13.6. The van der Waals surface area contributed by atoms with Crippen molar-refractivity contribution in [2.75, 3.05) is 36.4 Å². The fraction of sp³-hybridized carbons (Fsp3) is 0.167. The molecule has 5 aromatic rings. The lowest BCUT2D eigenvalue weighted by Crippen LogP contribution is -2.43. The second-order valence-electron chi connectivity index (χ2n) is 7.94. The fourth-order valence-electron chi connectivity index (χ4n) is 4.20. The lowest BCUT2D eigenvalue weighted by Gasteiger charge is -2.29. The van der Waals surface area contributed by atoms with Gasteiger partial charge in [0.1, 0.15) is 17.3 Å². The highest BCUT2D eigenvalue weighted by Crippen LogP contribution is 2.33. The molecule has 164 valence electrons. The lowest BCUT2D eigenvalue weighted by molar-refractivity contribution is 0.589. The fourth-order valence-corrected chi connectivity index (χ4v) is 4.20. The molecule has 0 amide bonds. The Hall–Kier alpha value is -4.11. The normalized spacial score (nSPS) is 14.2. The molecule has 0 radical (unpaired) electrons. The summed E-state index contributed by atoms with van der Waals surface area (Å²) in [6, 6.07) is 12.2. The molecule has 33 heavy (non-hydrogen) atoms. The Morgan fingerprint density at radius 1 is 0.939 bits per heavy atom. The number of fused-ring (bicyclic) bond motifs is 3. The van der Waals surface area contributed by atoms with Crippen molar-refractivity contribution < 1.29 is 4.39 Å². The highest BCUT2D eigenvalue weighted by Gasteiger charge is 2.16. The van der Waals surface area contributed by atoms with E-state index in [2.05, 4.69) is 41.5 Å². The zero-order chi connectivity index (χ0) is 22.2. The van der Waals surface area contributed by atoms with Crippen LogP contribution in [0, 0.1) is 5.82 Å². The number of nitrogens with one attached hydrogen (secondary N) is 3. The highest BCUT2D eigenvalue weighted by atomic mass is 19.1. The van der Waals surface area contributed by atoms with Gasteiger partial charge < -0.3 is 20.5 Å². The molecule has 8 nitrogen and oxygen atoms in total. The molecule has 0 bridgehead atoms. The van der Waals surface area contributed by atoms with Gasteiger partial charge in [-0.3, -0.25) is 4.98 Å². The molecule has 5 heterocycles. The maximum absolute atomic E-state index is 13.6. The van der Waals surface area contributed by atoms with Gasteiger partial charge in [-0.15, -0.1) is 0 Å². The third-order valence-electron chi connectivity index (χ3n) is 5.84. The molecule has 1 saturated heterocycles. The quantitative estimate of drug-likeness (QED) is 0.391. The summed E-state index contributed by atoms with van der Waals surface area (Å²) in [5.74, 6) is 0.763. The van der Waals surface area contributed by atoms with Crippen LogP contribution in [0.25, 0.3) is 33.2 Å². The number of hydrogen-bond donors (Lipinski definition) is 3. The Bertz CT molecular complexity index is 1420. The molecule has 0 unspecified atom stereocenters. The number of aromatic amines is 1. The van der Waals surface area contributed by atoms with E-state index in [9.17, 15) is 4.39 Å². The van der Waals surface area contributed by atoms with Gasteiger partial charge in [-0.2, -0.15) is 4.98 Å². The van der Waals surface area contributed by atoms with E-state index in [4.69, 9.17) is 4.98 Å². The van der Waals surface area contributed by atoms with Crippen LogP contribution in [0.5, 0.6) is 0 Å². The standard InChI is InChI=1S/C24H21FN8/c25-16-3-1-15(2-4-16)22-21-18-7-8-27-14-19(18)29-23(21)32-24(31-22)30-20-6-5-17(13-28-20)33-11-9-26-10-12-33/h1-8,13-14,26H,9-12H2,(H2,28,29,30,31,32). The topological polar surface area (TPSA) is 94.6 Å². The third kappa shape index (κ3) is 3.72. The third-order valence-corrected chi connectivity index (χ3v) is 5.84. The molecule has 1 aliphatic rings. The van der Waals surface area contributed by atoms with Crippen molar-refractivity contribution in [3.63, 3.8) is 0 Å². The number of rotatable bonds is 4. The van der Waals surface area contributed by atoms with Crippen molar-refractivity contribution in [2.45, 2.75) is 0 Å². The van der Waals surface area contributed by atoms with Crippen molar-refractivity contribution in [3.05, 3.63) is 66.9 Å². The molecule has 1 fully saturated rings. The molecule has 3 N–H and O–H groups in total. The summed E-state index contributed by atoms with van der Waals surface area (Å²) in [5, 5.41) is 8.40. The van der Waals surface area contributed by atoms with Gasteiger partial charge >= 0.3 is 0 Å². The second kappa shape index (κ2) is 8.10. The Morgan fingerprint density at radius 2 is 1.79 bits per heavy atom. The predicted octanol–water partition coefficient (Wildman–Crippen LogP) is 3.86. The largest absolute Gasteiger partial charge is 0.368 e. The summed E-state index contributed by atoms with van der Waals surface area (Å²) in [7, 11) is 0. The average molecular weight is 440 g/mol. The van der Waals surface area contributed by atoms with E-state index in [1.807, 2.05) is 18.3 Å². The van der Waals surface area contributed by atoms with Gasteiger partial charge in [0.15, 0.2) is 0 Å². The molecular weight excluding hydrogens is 419 g/mol. The first kappa shape index (κ1) is 19.6. The van der Waals surface area contributed by atoms with E-state index >= 15 is 0 Å². The monoisotopic (exact) mass is 440 g/mol. The van der Waals surface area contributed by atoms with Crippen LogP contribution in [0.3, 0.4) is 0 Å². The van der Waals surface area contributed by atoms with Crippen LogP contribution < -0.4 is 15.5 Å². The number of anilines is 3. The number of H-pyrrole nitrogens is 1. The number of halogens is 1. The van der Waals surface area contributed by atoms with E-state index in [0.29, 0.717) is 23.1 Å². The Balaban J connectivity index is 1.40. The zero-order valence-corrected chi connectivity index (χ0v) is 17.7. The van der Waals surface area contributed by atoms with Gasteiger partial charge in [0.2, 0.25) is 5.95 Å². The van der Waals surface area contributed by atoms with Crippen LogP contribution in [-0.4, -0.2) is 51.1 Å². The van der Waals surface area contributed by atoms with E-state index < -0.39 is 0 Å². The number of nitrogens with zero attached hydrogens (tertiary/aromatic N) is 5. The smallest absolute Gasteiger partial charge is 0.230 e. The molecule has 4 aromatic heterocycles. The molecule has 0 aliphatic carbocycles. The lowest BCUT2D eigenvalue weighted by atomic mass is 10.1. The predicted molar refractivity (Wildman–Crippen MR) is 127 cm³/mol. The van der Waals surface area contributed by atoms with Crippen molar-refractivity contribution >= 4 is 39.4 Å². The summed E-state index contributed by atoms with van der Waals surface area (Å²) in [5.41, 5.74) is 4.13. The molecule has 0 spiro atoms. The van der Waals surface area contributed by atoms with Crippen LogP contribution in [-0.2, 0) is 0 Å². The summed E-state index contributed by atoms with van der Waals surface area (Å²) in [6.07, 6.45) is 5.36. The molecule has 0 atom stereocenters. The Labute approximate surface area is 188 Å². The highest BCUT2D eigenvalue weighted by molar-refractivity contribution is 6.12. The maximum Gasteiger partial charge on any atom is 0.230 e. The van der Waals surface area contributed by atoms with E-state index in [1.165, 1.54) is 12.1 Å². The SMILES string of the molecule is Fc1ccc(-c2nc(Nc3ccc(N4CCNCC4)cn3)nc3[nH]c4cnccc4c23)cc1. The molecular formula is C24H21FN8. The number of hydrogen-bond acceptors (Lipinski definition) is 7. The first-order chi connectivity index (χ1) is 16.2. The molecule has 1 aliphatic heterocycles. The molecule has 1 aromatic carbocycles. The van der Waals surface area contributed by atoms with E-state index in [-0.39, 0.29) is 5.82 Å². The zero-order valence-electron chi connectivity index (χ0n) is 17.7. The van der Waals surface area contributed by atoms with Crippen LogP contribution in [0.2, 0.25) is 0 Å². The first-order valence-corrected chi connectivity index (χ1v) is 10.8. The van der Waals surface area contributed by atoms with Gasteiger partial charge in [0.25, 0.3) is 0 Å². The van der Waals surface area contributed by atoms with Gasteiger partial charge in [-0.25, -0.2) is 14.4 Å². The number of aromatic nitrogens is 5. The summed E-state index contributed by atoms with van der Waals surface area (Å²) in [4.78, 5) is 23.9. The molecule has 9 heteroatoms. The Morgan fingerprint density at radius 3 is 2.58 bits per heavy atom. The van der Waals surface area contributed by atoms with E-state index in [1.54, 1.807) is 24.5 Å². The minimum atomic E-state index is -0.292. The molecule has 0 saturated carbocycles. The molecule has 6 rings (SSSR count). The van der Waals surface area contributed by atoms with Gasteiger partial charge in [-0.1, -0.05) is 0 Å². The van der Waals surface area contributed by atoms with Crippen molar-refractivity contribution in [1.29, 1.82) is 0 Å². The van der Waals surface area contributed by atoms with Crippen LogP contribution in [0.1, 0.15) is 0 Å². The minimum absolute atomic E-state index is 0.292. The van der Waals surface area contributed by atoms with Crippen LogP contribution >= 0.6 is 0 Å². The van der Waals surface area contributed by atoms with Crippen LogP contribution in [0.15, 0.2) is 61.1 Å². The minimum Gasteiger partial charge on any atom is -0.368 e. The number of piperazine rings is 1. The summed E-state index contributed by atoms with van der Waals surface area (Å²) >= 11 is 0. The van der Waals surface area contributed by atoms with Gasteiger partial charge in [0, 0.05) is 43.3 Å². The Kier molecular flexibility index (Phi) is 4.80. The van der Waals surface area contributed by atoms with Crippen molar-refractivity contribution in [3.8, 4) is 11.3 Å². The summed E-state index contributed by atoms with van der Waals surface area (Å²) in [6.45, 7) is 3.87. The van der Waals surface area contributed by atoms with Crippen molar-refractivity contribution in [2.24, 2.45) is 0 Å². The second-order valence-corrected chi connectivity index (χ2v) is 7.94. The van der Waals surface area contributed by atoms with Gasteiger partial charge in [0.05, 0.1) is 34.7 Å². The average Bonchev–Trinajstić information content (AvgIpc) is 3.23. The van der Waals surface area contributed by atoms with Gasteiger partial charge in [-0.05, 0) is 42.5 Å². The maximum atomic E-state index is 13.6. The first-order valence-electron chi connectivity index (χ1n) is 10.8. The van der Waals surface area contributed by atoms with Crippen LogP contribution in [0.4, 0.5) is 21.8 Å².